The summed E-state index contributed by atoms with van der Waals surface area (Å²) in [7, 11) is 1.97. The molecule has 0 fully saturated rings. The Labute approximate surface area is 69.9 Å². The first-order valence-corrected chi connectivity index (χ1v) is 4.25. The van der Waals surface area contributed by atoms with Gasteiger partial charge in [-0.1, -0.05) is 18.6 Å². The van der Waals surface area contributed by atoms with Crippen LogP contribution in [0.2, 0.25) is 0 Å². The lowest BCUT2D eigenvalue weighted by molar-refractivity contribution is 0.550. The van der Waals surface area contributed by atoms with Crippen molar-refractivity contribution in [3.63, 3.8) is 0 Å². The van der Waals surface area contributed by atoms with Gasteiger partial charge in [0.2, 0.25) is 0 Å². The summed E-state index contributed by atoms with van der Waals surface area (Å²) < 4.78 is 0. The standard InChI is InChI=1S/C9H20N2/c1-8(2)9(11-3)6-4-5-7-10/h9,11H,1,4-7,10H2,2-3H3. The van der Waals surface area contributed by atoms with Crippen molar-refractivity contribution in [3.8, 4) is 0 Å². The van der Waals surface area contributed by atoms with Crippen molar-refractivity contribution in [2.75, 3.05) is 13.6 Å². The molecule has 0 radical (unpaired) electrons. The third kappa shape index (κ3) is 4.99. The Hall–Kier alpha value is -0.340. The summed E-state index contributed by atoms with van der Waals surface area (Å²) in [4.78, 5) is 0. The first-order chi connectivity index (χ1) is 5.22. The van der Waals surface area contributed by atoms with E-state index >= 15 is 0 Å². The van der Waals surface area contributed by atoms with Gasteiger partial charge >= 0.3 is 0 Å². The number of rotatable bonds is 6. The first kappa shape index (κ1) is 10.7. The molecule has 2 heteroatoms. The van der Waals surface area contributed by atoms with E-state index in [0.717, 1.165) is 19.4 Å². The van der Waals surface area contributed by atoms with Crippen LogP contribution >= 0.6 is 0 Å². The molecule has 0 aromatic carbocycles. The van der Waals surface area contributed by atoms with Crippen LogP contribution in [0.15, 0.2) is 12.2 Å². The zero-order valence-electron chi connectivity index (χ0n) is 7.69. The van der Waals surface area contributed by atoms with Gasteiger partial charge in [0.25, 0.3) is 0 Å². The zero-order chi connectivity index (χ0) is 8.69. The van der Waals surface area contributed by atoms with Gasteiger partial charge in [-0.2, -0.15) is 0 Å². The molecule has 11 heavy (non-hydrogen) atoms. The summed E-state index contributed by atoms with van der Waals surface area (Å²) in [6, 6.07) is 0.474. The molecule has 0 aliphatic heterocycles. The lowest BCUT2D eigenvalue weighted by Crippen LogP contribution is -2.25. The molecule has 1 atom stereocenters. The number of likely N-dealkylation sites (N-methyl/N-ethyl adjacent to an activating group) is 1. The van der Waals surface area contributed by atoms with Crippen molar-refractivity contribution >= 4 is 0 Å². The predicted octanol–water partition coefficient (Wildman–Crippen LogP) is 1.28. The molecule has 0 spiro atoms. The van der Waals surface area contributed by atoms with Crippen LogP contribution in [0.5, 0.6) is 0 Å². The van der Waals surface area contributed by atoms with E-state index in [9.17, 15) is 0 Å². The number of nitrogens with two attached hydrogens (primary N) is 1. The molecule has 2 nitrogen and oxygen atoms in total. The predicted molar refractivity (Wildman–Crippen MR) is 50.6 cm³/mol. The van der Waals surface area contributed by atoms with E-state index in [1.54, 1.807) is 0 Å². The van der Waals surface area contributed by atoms with Crippen molar-refractivity contribution in [2.24, 2.45) is 5.73 Å². The maximum absolute atomic E-state index is 5.39. The fourth-order valence-corrected chi connectivity index (χ4v) is 1.13. The minimum Gasteiger partial charge on any atom is -0.330 e. The molecule has 0 amide bonds. The molecular weight excluding hydrogens is 136 g/mol. The largest absolute Gasteiger partial charge is 0.330 e. The maximum atomic E-state index is 5.39. The first-order valence-electron chi connectivity index (χ1n) is 4.25. The average molecular weight is 156 g/mol. The lowest BCUT2D eigenvalue weighted by atomic mass is 10.0. The van der Waals surface area contributed by atoms with Crippen molar-refractivity contribution in [1.29, 1.82) is 0 Å². The van der Waals surface area contributed by atoms with Crippen molar-refractivity contribution in [2.45, 2.75) is 32.2 Å². The summed E-state index contributed by atoms with van der Waals surface area (Å²) >= 11 is 0. The Morgan fingerprint density at radius 2 is 2.18 bits per heavy atom. The maximum Gasteiger partial charge on any atom is 0.0271 e. The van der Waals surface area contributed by atoms with Crippen LogP contribution in [-0.2, 0) is 0 Å². The molecule has 0 aromatic rings. The summed E-state index contributed by atoms with van der Waals surface area (Å²) in [5, 5.41) is 3.22. The van der Waals surface area contributed by atoms with Crippen LogP contribution in [0.3, 0.4) is 0 Å². The van der Waals surface area contributed by atoms with E-state index in [0.29, 0.717) is 6.04 Å². The molecule has 0 aromatic heterocycles. The Balaban J connectivity index is 3.44. The number of hydrogen-bond acceptors (Lipinski definition) is 2. The molecule has 1 unspecified atom stereocenters. The minimum absolute atomic E-state index is 0.474. The van der Waals surface area contributed by atoms with Crippen LogP contribution in [0.1, 0.15) is 26.2 Å². The Bertz CT molecular complexity index is 110. The highest BCUT2D eigenvalue weighted by Crippen LogP contribution is 2.06. The molecular formula is C9H20N2. The summed E-state index contributed by atoms with van der Waals surface area (Å²) in [6.07, 6.45) is 3.46. The second-order valence-electron chi connectivity index (χ2n) is 2.97. The molecule has 0 rings (SSSR count). The van der Waals surface area contributed by atoms with Gasteiger partial charge in [-0.05, 0) is 33.4 Å². The lowest BCUT2D eigenvalue weighted by Gasteiger charge is -2.15. The normalized spacial score (nSPS) is 13.0. The summed E-state index contributed by atoms with van der Waals surface area (Å²) in [5.74, 6) is 0. The summed E-state index contributed by atoms with van der Waals surface area (Å²) in [5.41, 5.74) is 6.60. The van der Waals surface area contributed by atoms with Gasteiger partial charge in [0.05, 0.1) is 0 Å². The Kier molecular flexibility index (Phi) is 6.18. The fourth-order valence-electron chi connectivity index (χ4n) is 1.13. The Morgan fingerprint density at radius 3 is 2.55 bits per heavy atom. The monoisotopic (exact) mass is 156 g/mol. The molecule has 0 saturated heterocycles. The van der Waals surface area contributed by atoms with Gasteiger partial charge in [0, 0.05) is 6.04 Å². The molecule has 0 heterocycles. The quantitative estimate of drug-likeness (QED) is 0.449. The third-order valence-corrected chi connectivity index (χ3v) is 1.89. The number of nitrogens with one attached hydrogen (secondary N) is 1. The van der Waals surface area contributed by atoms with Gasteiger partial charge in [0.1, 0.15) is 0 Å². The third-order valence-electron chi connectivity index (χ3n) is 1.89. The summed E-state index contributed by atoms with van der Waals surface area (Å²) in [6.45, 7) is 6.77. The van der Waals surface area contributed by atoms with E-state index in [2.05, 4.69) is 18.8 Å². The van der Waals surface area contributed by atoms with Crippen molar-refractivity contribution in [1.82, 2.24) is 5.32 Å². The second kappa shape index (κ2) is 6.38. The number of hydrogen-bond donors (Lipinski definition) is 2. The smallest absolute Gasteiger partial charge is 0.0271 e. The Morgan fingerprint density at radius 1 is 1.55 bits per heavy atom. The molecule has 0 aliphatic carbocycles. The van der Waals surface area contributed by atoms with Crippen LogP contribution in [0, 0.1) is 0 Å². The van der Waals surface area contributed by atoms with Crippen molar-refractivity contribution in [3.05, 3.63) is 12.2 Å². The molecule has 0 bridgehead atoms. The minimum atomic E-state index is 0.474. The van der Waals surface area contributed by atoms with Gasteiger partial charge in [-0.15, -0.1) is 0 Å². The van der Waals surface area contributed by atoms with E-state index < -0.39 is 0 Å². The van der Waals surface area contributed by atoms with Gasteiger partial charge in [-0.25, -0.2) is 0 Å². The molecule has 0 saturated carbocycles. The number of unbranched alkanes of at least 4 members (excludes halogenated alkanes) is 1. The molecule has 3 N–H and O–H groups in total. The highest BCUT2D eigenvalue weighted by molar-refractivity contribution is 5.00. The second-order valence-corrected chi connectivity index (χ2v) is 2.97. The highest BCUT2D eigenvalue weighted by atomic mass is 14.9. The zero-order valence-corrected chi connectivity index (χ0v) is 7.69. The van der Waals surface area contributed by atoms with E-state index in [4.69, 9.17) is 5.73 Å². The van der Waals surface area contributed by atoms with Crippen LogP contribution in [0.4, 0.5) is 0 Å². The highest BCUT2D eigenvalue weighted by Gasteiger charge is 2.04. The van der Waals surface area contributed by atoms with E-state index in [-0.39, 0.29) is 0 Å². The molecule has 0 aliphatic rings. The van der Waals surface area contributed by atoms with Gasteiger partial charge in [-0.3, -0.25) is 0 Å². The van der Waals surface area contributed by atoms with Gasteiger partial charge < -0.3 is 11.1 Å². The SMILES string of the molecule is C=C(C)C(CCCCN)NC. The van der Waals surface area contributed by atoms with Crippen molar-refractivity contribution < 1.29 is 0 Å². The topological polar surface area (TPSA) is 38.0 Å². The van der Waals surface area contributed by atoms with Crippen LogP contribution in [0.25, 0.3) is 0 Å². The molecule has 66 valence electrons. The van der Waals surface area contributed by atoms with Gasteiger partial charge in [0.15, 0.2) is 0 Å². The van der Waals surface area contributed by atoms with Crippen LogP contribution in [-0.4, -0.2) is 19.6 Å². The van der Waals surface area contributed by atoms with E-state index in [1.165, 1.54) is 12.0 Å². The fraction of sp³-hybridized carbons (Fsp3) is 0.778. The van der Waals surface area contributed by atoms with Crippen LogP contribution < -0.4 is 11.1 Å². The van der Waals surface area contributed by atoms with E-state index in [1.807, 2.05) is 7.05 Å². The average Bonchev–Trinajstić information content (AvgIpc) is 1.97.